The molecule has 24 heavy (non-hydrogen) atoms. The van der Waals surface area contributed by atoms with Crippen LogP contribution in [-0.4, -0.2) is 27.4 Å². The summed E-state index contributed by atoms with van der Waals surface area (Å²) in [4.78, 5) is 11.8. The molecule has 126 valence electrons. The van der Waals surface area contributed by atoms with Crippen molar-refractivity contribution in [2.75, 3.05) is 0 Å². The quantitative estimate of drug-likeness (QED) is 0.392. The number of aromatic hydroxyl groups is 3. The maximum atomic E-state index is 12.6. The van der Waals surface area contributed by atoms with Gasteiger partial charge >= 0.3 is 6.18 Å². The van der Waals surface area contributed by atoms with Crippen LogP contribution < -0.4 is 5.43 Å². The minimum Gasteiger partial charge on any atom is -0.504 e. The van der Waals surface area contributed by atoms with Crippen molar-refractivity contribution in [2.45, 2.75) is 6.18 Å². The molecule has 1 amide bonds. The van der Waals surface area contributed by atoms with Crippen molar-refractivity contribution in [3.63, 3.8) is 0 Å². The standard InChI is InChI=1S/C15H11F3N2O4/c16-15(17,18)10-3-1-2-8(6-10)14(24)20-19-7-9-4-5-11(21)13(23)12(9)22/h1-7,21-23H,(H,20,24). The van der Waals surface area contributed by atoms with Crippen LogP contribution in [0.3, 0.4) is 0 Å². The molecule has 0 aliphatic rings. The maximum absolute atomic E-state index is 12.6. The van der Waals surface area contributed by atoms with E-state index in [-0.39, 0.29) is 11.1 Å². The molecule has 2 aromatic carbocycles. The number of halogens is 3. The minimum atomic E-state index is -4.57. The number of phenolic OH excluding ortho intramolecular Hbond substituents is 3. The minimum absolute atomic E-state index is 0.0188. The van der Waals surface area contributed by atoms with Crippen LogP contribution in [0, 0.1) is 0 Å². The van der Waals surface area contributed by atoms with E-state index in [0.717, 1.165) is 24.4 Å². The Hall–Kier alpha value is -3.23. The van der Waals surface area contributed by atoms with Crippen LogP contribution in [0.1, 0.15) is 21.5 Å². The van der Waals surface area contributed by atoms with Gasteiger partial charge in [0.05, 0.1) is 11.8 Å². The fourth-order valence-electron chi connectivity index (χ4n) is 1.75. The van der Waals surface area contributed by atoms with Crippen LogP contribution in [0.4, 0.5) is 13.2 Å². The number of alkyl halides is 3. The molecule has 2 rings (SSSR count). The largest absolute Gasteiger partial charge is 0.504 e. The summed E-state index contributed by atoms with van der Waals surface area (Å²) in [5.74, 6) is -2.85. The molecule has 0 aliphatic heterocycles. The molecule has 0 radical (unpaired) electrons. The zero-order valence-electron chi connectivity index (χ0n) is 11.9. The van der Waals surface area contributed by atoms with Gasteiger partial charge in [-0.05, 0) is 30.3 Å². The molecule has 0 fully saturated rings. The van der Waals surface area contributed by atoms with E-state index in [0.29, 0.717) is 6.07 Å². The molecule has 6 nitrogen and oxygen atoms in total. The van der Waals surface area contributed by atoms with Crippen molar-refractivity contribution in [1.29, 1.82) is 0 Å². The van der Waals surface area contributed by atoms with Crippen molar-refractivity contribution in [1.82, 2.24) is 5.43 Å². The molecule has 0 aromatic heterocycles. The molecule has 0 saturated heterocycles. The highest BCUT2D eigenvalue weighted by molar-refractivity contribution is 5.95. The Kier molecular flexibility index (Phi) is 4.63. The summed E-state index contributed by atoms with van der Waals surface area (Å²) in [6.45, 7) is 0. The number of carbonyl (C=O) groups is 1. The number of hydrogen-bond acceptors (Lipinski definition) is 5. The van der Waals surface area contributed by atoms with Crippen LogP contribution in [0.15, 0.2) is 41.5 Å². The van der Waals surface area contributed by atoms with Gasteiger partial charge in [-0.25, -0.2) is 5.43 Å². The topological polar surface area (TPSA) is 102 Å². The number of amides is 1. The predicted molar refractivity (Wildman–Crippen MR) is 77.9 cm³/mol. The Morgan fingerprint density at radius 3 is 2.46 bits per heavy atom. The van der Waals surface area contributed by atoms with Crippen molar-refractivity contribution in [2.24, 2.45) is 5.10 Å². The summed E-state index contributed by atoms with van der Waals surface area (Å²) in [5, 5.41) is 31.5. The maximum Gasteiger partial charge on any atom is 0.416 e. The first-order valence-corrected chi connectivity index (χ1v) is 6.44. The summed E-state index contributed by atoms with van der Waals surface area (Å²) in [6, 6.07) is 6.08. The number of phenols is 3. The van der Waals surface area contributed by atoms with Crippen LogP contribution >= 0.6 is 0 Å². The second-order valence-electron chi connectivity index (χ2n) is 4.65. The van der Waals surface area contributed by atoms with Crippen molar-refractivity contribution in [3.8, 4) is 17.2 Å². The van der Waals surface area contributed by atoms with Gasteiger partial charge in [-0.3, -0.25) is 4.79 Å². The van der Waals surface area contributed by atoms with Crippen LogP contribution in [0.2, 0.25) is 0 Å². The molecule has 2 aromatic rings. The van der Waals surface area contributed by atoms with E-state index < -0.39 is 34.9 Å². The molecule has 0 aliphatic carbocycles. The number of rotatable bonds is 3. The summed E-state index contributed by atoms with van der Waals surface area (Å²) < 4.78 is 37.8. The number of hydrogen-bond donors (Lipinski definition) is 4. The van der Waals surface area contributed by atoms with E-state index in [1.54, 1.807) is 0 Å². The number of benzene rings is 2. The fraction of sp³-hybridized carbons (Fsp3) is 0.0667. The van der Waals surface area contributed by atoms with Gasteiger partial charge in [0, 0.05) is 11.1 Å². The lowest BCUT2D eigenvalue weighted by Crippen LogP contribution is -2.18. The second kappa shape index (κ2) is 6.49. The van der Waals surface area contributed by atoms with Gasteiger partial charge in [0.1, 0.15) is 0 Å². The first kappa shape index (κ1) is 17.1. The molecule has 9 heteroatoms. The highest BCUT2D eigenvalue weighted by Crippen LogP contribution is 2.36. The third-order valence-corrected chi connectivity index (χ3v) is 2.98. The Bertz CT molecular complexity index is 804. The SMILES string of the molecule is O=C(NN=Cc1ccc(O)c(O)c1O)c1cccc(C(F)(F)F)c1. The van der Waals surface area contributed by atoms with E-state index in [2.05, 4.69) is 5.10 Å². The van der Waals surface area contributed by atoms with E-state index in [4.69, 9.17) is 5.11 Å². The summed E-state index contributed by atoms with van der Waals surface area (Å²) in [7, 11) is 0. The average molecular weight is 340 g/mol. The van der Waals surface area contributed by atoms with Gasteiger partial charge in [-0.1, -0.05) is 6.07 Å². The van der Waals surface area contributed by atoms with E-state index in [9.17, 15) is 28.2 Å². The molecular weight excluding hydrogens is 329 g/mol. The van der Waals surface area contributed by atoms with E-state index in [1.165, 1.54) is 12.1 Å². The lowest BCUT2D eigenvalue weighted by Gasteiger charge is -2.07. The normalized spacial score (nSPS) is 11.6. The van der Waals surface area contributed by atoms with Crippen molar-refractivity contribution >= 4 is 12.1 Å². The second-order valence-corrected chi connectivity index (χ2v) is 4.65. The number of nitrogens with one attached hydrogen (secondary N) is 1. The molecule has 0 atom stereocenters. The van der Waals surface area contributed by atoms with Crippen molar-refractivity contribution in [3.05, 3.63) is 53.1 Å². The molecule has 0 saturated carbocycles. The van der Waals surface area contributed by atoms with E-state index >= 15 is 0 Å². The van der Waals surface area contributed by atoms with Crippen molar-refractivity contribution < 1.29 is 33.3 Å². The van der Waals surface area contributed by atoms with Crippen LogP contribution in [0.25, 0.3) is 0 Å². The lowest BCUT2D eigenvalue weighted by atomic mass is 10.1. The van der Waals surface area contributed by atoms with Gasteiger partial charge in [0.2, 0.25) is 5.75 Å². The molecule has 0 bridgehead atoms. The fourth-order valence-corrected chi connectivity index (χ4v) is 1.75. The van der Waals surface area contributed by atoms with Gasteiger partial charge < -0.3 is 15.3 Å². The Morgan fingerprint density at radius 2 is 1.79 bits per heavy atom. The molecule has 0 unspecified atom stereocenters. The summed E-state index contributed by atoms with van der Waals surface area (Å²) in [5.41, 5.74) is 0.754. The van der Waals surface area contributed by atoms with Crippen LogP contribution in [-0.2, 0) is 6.18 Å². The number of carbonyl (C=O) groups excluding carboxylic acids is 1. The van der Waals surface area contributed by atoms with Gasteiger partial charge in [-0.2, -0.15) is 18.3 Å². The lowest BCUT2D eigenvalue weighted by molar-refractivity contribution is -0.137. The first-order valence-electron chi connectivity index (χ1n) is 6.44. The van der Waals surface area contributed by atoms with Gasteiger partial charge in [0.25, 0.3) is 5.91 Å². The molecule has 0 spiro atoms. The van der Waals surface area contributed by atoms with Gasteiger partial charge in [0.15, 0.2) is 11.5 Å². The monoisotopic (exact) mass is 340 g/mol. The average Bonchev–Trinajstić information content (AvgIpc) is 2.54. The third kappa shape index (κ3) is 3.75. The number of nitrogens with zero attached hydrogens (tertiary/aromatic N) is 1. The third-order valence-electron chi connectivity index (χ3n) is 2.98. The zero-order chi connectivity index (χ0) is 17.9. The smallest absolute Gasteiger partial charge is 0.416 e. The van der Waals surface area contributed by atoms with E-state index in [1.807, 2.05) is 5.43 Å². The Morgan fingerprint density at radius 1 is 1.08 bits per heavy atom. The highest BCUT2D eigenvalue weighted by Gasteiger charge is 2.30. The summed E-state index contributed by atoms with van der Waals surface area (Å²) in [6.07, 6.45) is -3.62. The highest BCUT2D eigenvalue weighted by atomic mass is 19.4. The molecule has 0 heterocycles. The molecule has 4 N–H and O–H groups in total. The summed E-state index contributed by atoms with van der Waals surface area (Å²) >= 11 is 0. The predicted octanol–water partition coefficient (Wildman–Crippen LogP) is 2.59. The molecular formula is C15H11F3N2O4. The van der Waals surface area contributed by atoms with Crippen LogP contribution in [0.5, 0.6) is 17.2 Å². The zero-order valence-corrected chi connectivity index (χ0v) is 11.9. The Labute approximate surface area is 133 Å². The number of hydrazone groups is 1. The Balaban J connectivity index is 2.13. The first-order chi connectivity index (χ1) is 11.2. The van der Waals surface area contributed by atoms with Gasteiger partial charge in [-0.15, -0.1) is 0 Å².